The molecule has 0 radical (unpaired) electrons. The van der Waals surface area contributed by atoms with Crippen molar-refractivity contribution in [2.75, 3.05) is 20.7 Å². The van der Waals surface area contributed by atoms with Crippen LogP contribution >= 0.6 is 0 Å². The van der Waals surface area contributed by atoms with Gasteiger partial charge in [-0.3, -0.25) is 14.4 Å². The Balaban J connectivity index is 1.59. The van der Waals surface area contributed by atoms with E-state index in [1.165, 1.54) is 4.90 Å². The molecule has 2 aromatic carbocycles. The first-order chi connectivity index (χ1) is 16.2. The van der Waals surface area contributed by atoms with Crippen LogP contribution in [-0.2, 0) is 16.1 Å². The summed E-state index contributed by atoms with van der Waals surface area (Å²) in [6.45, 7) is 0.298. The molecule has 0 spiro atoms. The number of rotatable bonds is 6. The van der Waals surface area contributed by atoms with E-state index in [2.05, 4.69) is 10.6 Å². The first-order valence-electron chi connectivity index (χ1n) is 11.2. The number of carbonyl (C=O) groups excluding carboxylic acids is 3. The van der Waals surface area contributed by atoms with Gasteiger partial charge in [-0.25, -0.2) is 8.78 Å². The van der Waals surface area contributed by atoms with Crippen molar-refractivity contribution in [2.24, 2.45) is 5.92 Å². The number of nitrogens with one attached hydrogen (secondary N) is 2. The SMILES string of the molecule is COc1ccc(C(=O)NC2CCCC(C(=O)NCc3cc(F)cc(F)c3)CC(=O)N(C)C2)cc1. The highest BCUT2D eigenvalue weighted by molar-refractivity contribution is 5.94. The molecule has 1 aliphatic heterocycles. The first kappa shape index (κ1) is 25.1. The van der Waals surface area contributed by atoms with E-state index in [4.69, 9.17) is 4.74 Å². The minimum Gasteiger partial charge on any atom is -0.497 e. The Morgan fingerprint density at radius 3 is 2.41 bits per heavy atom. The summed E-state index contributed by atoms with van der Waals surface area (Å²) in [6.07, 6.45) is 1.70. The van der Waals surface area contributed by atoms with E-state index < -0.39 is 17.6 Å². The van der Waals surface area contributed by atoms with Gasteiger partial charge < -0.3 is 20.3 Å². The standard InChI is InChI=1S/C25H29F2N3O4/c1-30-15-21(29-25(33)17-6-8-22(34-2)9-7-17)5-3-4-18(12-23(30)31)24(32)28-14-16-10-19(26)13-20(27)11-16/h6-11,13,18,21H,3-5,12,14-15H2,1-2H3,(H,28,32)(H,29,33). The highest BCUT2D eigenvalue weighted by atomic mass is 19.1. The zero-order valence-electron chi connectivity index (χ0n) is 19.3. The van der Waals surface area contributed by atoms with Crippen molar-refractivity contribution in [3.05, 3.63) is 65.2 Å². The largest absolute Gasteiger partial charge is 0.497 e. The second-order valence-electron chi connectivity index (χ2n) is 8.50. The van der Waals surface area contributed by atoms with Crippen molar-refractivity contribution in [3.63, 3.8) is 0 Å². The monoisotopic (exact) mass is 473 g/mol. The van der Waals surface area contributed by atoms with Gasteiger partial charge in [0.15, 0.2) is 0 Å². The molecular weight excluding hydrogens is 444 g/mol. The molecule has 34 heavy (non-hydrogen) atoms. The van der Waals surface area contributed by atoms with Gasteiger partial charge in [0.05, 0.1) is 7.11 Å². The smallest absolute Gasteiger partial charge is 0.251 e. The minimum atomic E-state index is -0.716. The van der Waals surface area contributed by atoms with E-state index in [1.54, 1.807) is 38.4 Å². The third-order valence-corrected chi connectivity index (χ3v) is 5.89. The summed E-state index contributed by atoms with van der Waals surface area (Å²) in [7, 11) is 3.19. The Morgan fingerprint density at radius 2 is 1.76 bits per heavy atom. The summed E-state index contributed by atoms with van der Waals surface area (Å²) in [5.74, 6) is -2.14. The van der Waals surface area contributed by atoms with E-state index in [0.29, 0.717) is 42.7 Å². The molecule has 1 saturated heterocycles. The lowest BCUT2D eigenvalue weighted by Gasteiger charge is -2.24. The van der Waals surface area contributed by atoms with E-state index in [-0.39, 0.29) is 36.7 Å². The predicted molar refractivity (Wildman–Crippen MR) is 122 cm³/mol. The molecule has 0 saturated carbocycles. The summed E-state index contributed by atoms with van der Waals surface area (Å²) in [6, 6.07) is 9.56. The van der Waals surface area contributed by atoms with Crippen LogP contribution in [0.25, 0.3) is 0 Å². The second kappa shape index (κ2) is 11.6. The van der Waals surface area contributed by atoms with Gasteiger partial charge in [-0.2, -0.15) is 0 Å². The van der Waals surface area contributed by atoms with Gasteiger partial charge in [0, 0.05) is 50.1 Å². The molecule has 2 unspecified atom stereocenters. The van der Waals surface area contributed by atoms with E-state index in [9.17, 15) is 23.2 Å². The van der Waals surface area contributed by atoms with Crippen LogP contribution in [0.15, 0.2) is 42.5 Å². The summed E-state index contributed by atoms with van der Waals surface area (Å²) in [4.78, 5) is 39.6. The molecule has 0 bridgehead atoms. The van der Waals surface area contributed by atoms with Crippen molar-refractivity contribution >= 4 is 17.7 Å². The maximum Gasteiger partial charge on any atom is 0.251 e. The van der Waals surface area contributed by atoms with Gasteiger partial charge in [-0.1, -0.05) is 6.42 Å². The van der Waals surface area contributed by atoms with Crippen molar-refractivity contribution in [1.29, 1.82) is 0 Å². The van der Waals surface area contributed by atoms with Crippen molar-refractivity contribution in [1.82, 2.24) is 15.5 Å². The summed E-state index contributed by atoms with van der Waals surface area (Å²) in [5, 5.41) is 5.65. The van der Waals surface area contributed by atoms with Crippen LogP contribution in [0.1, 0.15) is 41.6 Å². The van der Waals surface area contributed by atoms with Gasteiger partial charge in [0.2, 0.25) is 11.8 Å². The maximum atomic E-state index is 13.4. The van der Waals surface area contributed by atoms with Crippen molar-refractivity contribution < 1.29 is 27.9 Å². The van der Waals surface area contributed by atoms with Crippen LogP contribution in [0, 0.1) is 17.6 Å². The highest BCUT2D eigenvalue weighted by Gasteiger charge is 2.27. The molecule has 1 aliphatic rings. The van der Waals surface area contributed by atoms with Gasteiger partial charge in [-0.15, -0.1) is 0 Å². The lowest BCUT2D eigenvalue weighted by molar-refractivity contribution is -0.135. The number of carbonyl (C=O) groups is 3. The van der Waals surface area contributed by atoms with Crippen molar-refractivity contribution in [3.8, 4) is 5.75 Å². The molecule has 7 nitrogen and oxygen atoms in total. The molecular formula is C25H29F2N3O4. The number of amides is 3. The van der Waals surface area contributed by atoms with Crippen LogP contribution in [0.5, 0.6) is 5.75 Å². The van der Waals surface area contributed by atoms with Gasteiger partial charge >= 0.3 is 0 Å². The molecule has 2 atom stereocenters. The second-order valence-corrected chi connectivity index (χ2v) is 8.50. The molecule has 3 rings (SSSR count). The van der Waals surface area contributed by atoms with Gasteiger partial charge in [0.1, 0.15) is 17.4 Å². The summed E-state index contributed by atoms with van der Waals surface area (Å²) in [5.41, 5.74) is 0.791. The van der Waals surface area contributed by atoms with Crippen LogP contribution in [0.4, 0.5) is 8.78 Å². The van der Waals surface area contributed by atoms with Gasteiger partial charge in [-0.05, 0) is 54.8 Å². The van der Waals surface area contributed by atoms with E-state index in [0.717, 1.165) is 18.2 Å². The zero-order chi connectivity index (χ0) is 24.7. The fraction of sp³-hybridized carbons (Fsp3) is 0.400. The topological polar surface area (TPSA) is 87.7 Å². The van der Waals surface area contributed by atoms with E-state index in [1.807, 2.05) is 0 Å². The molecule has 9 heteroatoms. The average Bonchev–Trinajstić information content (AvgIpc) is 2.86. The quantitative estimate of drug-likeness (QED) is 0.675. The number of hydrogen-bond acceptors (Lipinski definition) is 4. The lowest BCUT2D eigenvalue weighted by atomic mass is 9.96. The zero-order valence-corrected chi connectivity index (χ0v) is 19.3. The molecule has 3 amide bonds. The summed E-state index contributed by atoms with van der Waals surface area (Å²) < 4.78 is 31.9. The number of benzene rings is 2. The third kappa shape index (κ3) is 7.00. The summed E-state index contributed by atoms with van der Waals surface area (Å²) >= 11 is 0. The Bertz CT molecular complexity index is 1010. The number of methoxy groups -OCH3 is 1. The Hall–Kier alpha value is -3.49. The average molecular weight is 474 g/mol. The molecule has 1 heterocycles. The Kier molecular flexibility index (Phi) is 8.56. The molecule has 0 aromatic heterocycles. The third-order valence-electron chi connectivity index (χ3n) is 5.89. The maximum absolute atomic E-state index is 13.4. The van der Waals surface area contributed by atoms with Crippen LogP contribution in [0.3, 0.4) is 0 Å². The number of halogens is 2. The molecule has 2 aromatic rings. The first-order valence-corrected chi connectivity index (χ1v) is 11.2. The Morgan fingerprint density at radius 1 is 1.09 bits per heavy atom. The molecule has 2 N–H and O–H groups in total. The van der Waals surface area contributed by atoms with Gasteiger partial charge in [0.25, 0.3) is 5.91 Å². The number of likely N-dealkylation sites (N-methyl/N-ethyl adjacent to an activating group) is 1. The van der Waals surface area contributed by atoms with Crippen LogP contribution < -0.4 is 15.4 Å². The predicted octanol–water partition coefficient (Wildman–Crippen LogP) is 3.04. The molecule has 1 fully saturated rings. The van der Waals surface area contributed by atoms with Crippen LogP contribution in [0.2, 0.25) is 0 Å². The normalized spacial score (nSPS) is 18.9. The fourth-order valence-electron chi connectivity index (χ4n) is 4.00. The number of hydrogen-bond donors (Lipinski definition) is 2. The van der Waals surface area contributed by atoms with E-state index >= 15 is 0 Å². The highest BCUT2D eigenvalue weighted by Crippen LogP contribution is 2.20. The number of ether oxygens (including phenoxy) is 1. The molecule has 182 valence electrons. The van der Waals surface area contributed by atoms with Crippen LogP contribution in [-0.4, -0.2) is 49.4 Å². The fourth-order valence-corrected chi connectivity index (χ4v) is 4.00. The molecule has 0 aliphatic carbocycles. The van der Waals surface area contributed by atoms with Crippen molar-refractivity contribution in [2.45, 2.75) is 38.3 Å². The lowest BCUT2D eigenvalue weighted by Crippen LogP contribution is -2.44. The minimum absolute atomic E-state index is 0.0268. The number of nitrogens with zero attached hydrogens (tertiary/aromatic N) is 1. The Labute approximate surface area is 197 Å².